The number of alkyl halides is 1. The summed E-state index contributed by atoms with van der Waals surface area (Å²) in [5.41, 5.74) is 0. The summed E-state index contributed by atoms with van der Waals surface area (Å²) in [5.74, 6) is 1.13. The Bertz CT molecular complexity index is 438. The van der Waals surface area contributed by atoms with Crippen molar-refractivity contribution in [1.29, 1.82) is 0 Å². The normalized spacial score (nSPS) is 18.7. The van der Waals surface area contributed by atoms with Gasteiger partial charge in [0.15, 0.2) is 11.5 Å². The van der Waals surface area contributed by atoms with Gasteiger partial charge in [0.2, 0.25) is 6.10 Å². The number of carbonyl (C=O) groups excluding carboxylic acids is 1. The van der Waals surface area contributed by atoms with Gasteiger partial charge in [-0.25, -0.2) is 0 Å². The smallest absolute Gasteiger partial charge is 0.264 e. The van der Waals surface area contributed by atoms with Crippen LogP contribution in [0.4, 0.5) is 0 Å². The predicted octanol–water partition coefficient (Wildman–Crippen LogP) is 2.35. The SMILES string of the molecule is CCC(Cl)CCNC(=O)C1COc2ccccc2O1. The van der Waals surface area contributed by atoms with E-state index in [2.05, 4.69) is 5.32 Å². The van der Waals surface area contributed by atoms with Crippen LogP contribution in [0.5, 0.6) is 11.5 Å². The van der Waals surface area contributed by atoms with Crippen molar-refractivity contribution in [3.8, 4) is 11.5 Å². The number of fused-ring (bicyclic) bond motifs is 1. The number of carbonyl (C=O) groups is 1. The first-order valence-electron chi connectivity index (χ1n) is 6.51. The van der Waals surface area contributed by atoms with Gasteiger partial charge in [-0.3, -0.25) is 4.79 Å². The highest BCUT2D eigenvalue weighted by molar-refractivity contribution is 6.20. The van der Waals surface area contributed by atoms with E-state index in [4.69, 9.17) is 21.1 Å². The Kier molecular flexibility index (Phi) is 4.91. The first kappa shape index (κ1) is 14.0. The minimum Gasteiger partial charge on any atom is -0.485 e. The van der Waals surface area contributed by atoms with Crippen LogP contribution in [0.15, 0.2) is 24.3 Å². The highest BCUT2D eigenvalue weighted by Crippen LogP contribution is 2.30. The van der Waals surface area contributed by atoms with Crippen LogP contribution in [-0.2, 0) is 4.79 Å². The fraction of sp³-hybridized carbons (Fsp3) is 0.500. The average molecular weight is 284 g/mol. The molecule has 0 aliphatic carbocycles. The molecular formula is C14H18ClNO3. The van der Waals surface area contributed by atoms with Crippen molar-refractivity contribution in [1.82, 2.24) is 5.32 Å². The van der Waals surface area contributed by atoms with E-state index in [1.54, 1.807) is 6.07 Å². The molecule has 1 aliphatic heterocycles. The summed E-state index contributed by atoms with van der Waals surface area (Å²) in [6.45, 7) is 2.82. The van der Waals surface area contributed by atoms with E-state index in [-0.39, 0.29) is 17.9 Å². The molecule has 1 aromatic carbocycles. The Morgan fingerprint density at radius 2 is 2.21 bits per heavy atom. The molecule has 19 heavy (non-hydrogen) atoms. The number of rotatable bonds is 5. The average Bonchev–Trinajstić information content (AvgIpc) is 2.46. The minimum absolute atomic E-state index is 0.101. The lowest BCUT2D eigenvalue weighted by molar-refractivity contribution is -0.130. The molecule has 5 heteroatoms. The number of amides is 1. The molecule has 1 heterocycles. The summed E-state index contributed by atoms with van der Waals surface area (Å²) in [6.07, 6.45) is 1.06. The molecule has 2 unspecified atom stereocenters. The first-order valence-corrected chi connectivity index (χ1v) is 6.94. The molecule has 2 atom stereocenters. The van der Waals surface area contributed by atoms with Gasteiger partial charge in [0, 0.05) is 11.9 Å². The van der Waals surface area contributed by atoms with Gasteiger partial charge in [-0.2, -0.15) is 0 Å². The summed E-state index contributed by atoms with van der Waals surface area (Å²) < 4.78 is 11.1. The number of halogens is 1. The van der Waals surface area contributed by atoms with Gasteiger partial charge in [-0.1, -0.05) is 19.1 Å². The second-order valence-electron chi connectivity index (χ2n) is 4.45. The van der Waals surface area contributed by atoms with E-state index in [1.807, 2.05) is 25.1 Å². The van der Waals surface area contributed by atoms with Gasteiger partial charge in [0.1, 0.15) is 6.61 Å². The van der Waals surface area contributed by atoms with E-state index in [0.29, 0.717) is 18.0 Å². The van der Waals surface area contributed by atoms with Crippen LogP contribution in [0.3, 0.4) is 0 Å². The molecule has 4 nitrogen and oxygen atoms in total. The van der Waals surface area contributed by atoms with Crippen LogP contribution < -0.4 is 14.8 Å². The third-order valence-electron chi connectivity index (χ3n) is 3.00. The summed E-state index contributed by atoms with van der Waals surface area (Å²) in [4.78, 5) is 11.9. The van der Waals surface area contributed by atoms with E-state index in [9.17, 15) is 4.79 Å². The molecule has 0 saturated carbocycles. The highest BCUT2D eigenvalue weighted by Gasteiger charge is 2.26. The summed E-state index contributed by atoms with van der Waals surface area (Å²) >= 11 is 5.99. The van der Waals surface area contributed by atoms with E-state index in [1.165, 1.54) is 0 Å². The molecule has 1 N–H and O–H groups in total. The minimum atomic E-state index is -0.592. The Morgan fingerprint density at radius 3 is 2.95 bits per heavy atom. The maximum absolute atomic E-state index is 11.9. The van der Waals surface area contributed by atoms with Crippen LogP contribution in [0.1, 0.15) is 19.8 Å². The fourth-order valence-electron chi connectivity index (χ4n) is 1.82. The Balaban J connectivity index is 1.82. The van der Waals surface area contributed by atoms with E-state index in [0.717, 1.165) is 12.8 Å². The third-order valence-corrected chi connectivity index (χ3v) is 3.53. The molecular weight excluding hydrogens is 266 g/mol. The van der Waals surface area contributed by atoms with Crippen molar-refractivity contribution >= 4 is 17.5 Å². The molecule has 0 spiro atoms. The van der Waals surface area contributed by atoms with Gasteiger partial charge < -0.3 is 14.8 Å². The number of ether oxygens (including phenoxy) is 2. The van der Waals surface area contributed by atoms with Crippen LogP contribution >= 0.6 is 11.6 Å². The maximum Gasteiger partial charge on any atom is 0.264 e. The van der Waals surface area contributed by atoms with Gasteiger partial charge in [0.05, 0.1) is 0 Å². The number of nitrogens with one attached hydrogen (secondary N) is 1. The molecule has 1 aromatic rings. The number of para-hydroxylation sites is 2. The van der Waals surface area contributed by atoms with Crippen LogP contribution in [0.25, 0.3) is 0 Å². The van der Waals surface area contributed by atoms with Crippen LogP contribution in [0.2, 0.25) is 0 Å². The zero-order valence-electron chi connectivity index (χ0n) is 10.9. The lowest BCUT2D eigenvalue weighted by Crippen LogP contribution is -2.44. The van der Waals surface area contributed by atoms with Gasteiger partial charge in [-0.05, 0) is 25.0 Å². The second-order valence-corrected chi connectivity index (χ2v) is 5.07. The summed E-state index contributed by atoms with van der Waals surface area (Å²) in [7, 11) is 0. The molecule has 0 radical (unpaired) electrons. The predicted molar refractivity (Wildman–Crippen MR) is 73.9 cm³/mol. The van der Waals surface area contributed by atoms with Crippen molar-refractivity contribution < 1.29 is 14.3 Å². The van der Waals surface area contributed by atoms with E-state index >= 15 is 0 Å². The molecule has 2 rings (SSSR count). The Morgan fingerprint density at radius 1 is 1.47 bits per heavy atom. The lowest BCUT2D eigenvalue weighted by Gasteiger charge is -2.25. The molecule has 0 fully saturated rings. The second kappa shape index (κ2) is 6.66. The zero-order chi connectivity index (χ0) is 13.7. The number of benzene rings is 1. The maximum atomic E-state index is 11.9. The highest BCUT2D eigenvalue weighted by atomic mass is 35.5. The van der Waals surface area contributed by atoms with Crippen LogP contribution in [-0.4, -0.2) is 30.5 Å². The lowest BCUT2D eigenvalue weighted by atomic mass is 10.2. The monoisotopic (exact) mass is 283 g/mol. The molecule has 0 saturated heterocycles. The number of hydrogen-bond donors (Lipinski definition) is 1. The molecule has 1 amide bonds. The van der Waals surface area contributed by atoms with Crippen LogP contribution in [0, 0.1) is 0 Å². The topological polar surface area (TPSA) is 47.6 Å². The molecule has 0 bridgehead atoms. The fourth-order valence-corrected chi connectivity index (χ4v) is 1.93. The van der Waals surface area contributed by atoms with E-state index < -0.39 is 6.10 Å². The molecule has 1 aliphatic rings. The summed E-state index contributed by atoms with van der Waals surface area (Å²) in [5, 5.41) is 2.92. The Labute approximate surface area is 118 Å². The standard InChI is InChI=1S/C14H18ClNO3/c1-2-10(15)7-8-16-14(17)13-9-18-11-5-3-4-6-12(11)19-13/h3-6,10,13H,2,7-9H2,1H3,(H,16,17). The Hall–Kier alpha value is -1.42. The van der Waals surface area contributed by atoms with Gasteiger partial charge in [0.25, 0.3) is 5.91 Å². The largest absolute Gasteiger partial charge is 0.485 e. The zero-order valence-corrected chi connectivity index (χ0v) is 11.7. The first-order chi connectivity index (χ1) is 9.20. The van der Waals surface area contributed by atoms with Gasteiger partial charge >= 0.3 is 0 Å². The third kappa shape index (κ3) is 3.77. The van der Waals surface area contributed by atoms with Crippen molar-refractivity contribution in [2.45, 2.75) is 31.2 Å². The van der Waals surface area contributed by atoms with Crippen molar-refractivity contribution in [3.63, 3.8) is 0 Å². The van der Waals surface area contributed by atoms with Crippen molar-refractivity contribution in [2.75, 3.05) is 13.2 Å². The molecule has 0 aromatic heterocycles. The van der Waals surface area contributed by atoms with Gasteiger partial charge in [-0.15, -0.1) is 11.6 Å². The quantitative estimate of drug-likeness (QED) is 0.844. The number of hydrogen-bond acceptors (Lipinski definition) is 3. The summed E-state index contributed by atoms with van der Waals surface area (Å²) in [6, 6.07) is 7.33. The van der Waals surface area contributed by atoms with Crippen molar-refractivity contribution in [2.24, 2.45) is 0 Å². The van der Waals surface area contributed by atoms with Crippen molar-refractivity contribution in [3.05, 3.63) is 24.3 Å². The molecule has 104 valence electrons.